The molecule has 3 rings (SSSR count). The number of hydrogen-bond donors (Lipinski definition) is 2. The van der Waals surface area contributed by atoms with E-state index in [1.165, 1.54) is 0 Å². The first-order chi connectivity index (χ1) is 9.56. The molecular weight excluding hydrogens is 254 g/mol. The summed E-state index contributed by atoms with van der Waals surface area (Å²) in [6.07, 6.45) is 0.877. The SMILES string of the molecule is CC1CC1C(=O)Nc1cc2ccccc2cc1C(=O)O. The van der Waals surface area contributed by atoms with E-state index in [0.29, 0.717) is 11.6 Å². The molecule has 1 amide bonds. The molecule has 1 saturated carbocycles. The van der Waals surface area contributed by atoms with E-state index in [1.807, 2.05) is 31.2 Å². The maximum atomic E-state index is 12.0. The summed E-state index contributed by atoms with van der Waals surface area (Å²) in [5, 5.41) is 13.8. The van der Waals surface area contributed by atoms with Gasteiger partial charge < -0.3 is 10.4 Å². The molecule has 0 radical (unpaired) electrons. The third kappa shape index (κ3) is 2.25. The molecule has 2 atom stereocenters. The molecular formula is C16H15NO3. The third-order valence-electron chi connectivity index (χ3n) is 3.82. The zero-order valence-electron chi connectivity index (χ0n) is 11.1. The predicted molar refractivity (Wildman–Crippen MR) is 76.8 cm³/mol. The summed E-state index contributed by atoms with van der Waals surface area (Å²) in [5.74, 6) is -0.711. The summed E-state index contributed by atoms with van der Waals surface area (Å²) in [6, 6.07) is 10.8. The van der Waals surface area contributed by atoms with Crippen LogP contribution < -0.4 is 5.32 Å². The van der Waals surface area contributed by atoms with Crippen LogP contribution in [0.4, 0.5) is 5.69 Å². The molecule has 2 aromatic rings. The van der Waals surface area contributed by atoms with Gasteiger partial charge in [0.15, 0.2) is 0 Å². The molecule has 4 heteroatoms. The van der Waals surface area contributed by atoms with Crippen molar-refractivity contribution in [2.45, 2.75) is 13.3 Å². The fourth-order valence-electron chi connectivity index (χ4n) is 2.43. The highest BCUT2D eigenvalue weighted by Gasteiger charge is 2.39. The lowest BCUT2D eigenvalue weighted by molar-refractivity contribution is -0.117. The van der Waals surface area contributed by atoms with Crippen LogP contribution in [0.15, 0.2) is 36.4 Å². The largest absolute Gasteiger partial charge is 0.478 e. The van der Waals surface area contributed by atoms with E-state index in [4.69, 9.17) is 0 Å². The Morgan fingerprint density at radius 1 is 1.20 bits per heavy atom. The van der Waals surface area contributed by atoms with Crippen LogP contribution in [0.1, 0.15) is 23.7 Å². The van der Waals surface area contributed by atoms with Gasteiger partial charge in [0.1, 0.15) is 0 Å². The van der Waals surface area contributed by atoms with Gasteiger partial charge >= 0.3 is 5.97 Å². The second-order valence-corrected chi connectivity index (χ2v) is 5.36. The minimum atomic E-state index is -1.03. The highest BCUT2D eigenvalue weighted by molar-refractivity contribution is 6.06. The standard InChI is InChI=1S/C16H15NO3/c1-9-6-12(9)15(18)17-14-8-11-5-3-2-4-10(11)7-13(14)16(19)20/h2-5,7-9,12H,6H2,1H3,(H,17,18)(H,19,20). The number of benzene rings is 2. The Hall–Kier alpha value is -2.36. The van der Waals surface area contributed by atoms with Crippen LogP contribution >= 0.6 is 0 Å². The molecule has 2 aromatic carbocycles. The van der Waals surface area contributed by atoms with Gasteiger partial charge in [-0.2, -0.15) is 0 Å². The molecule has 20 heavy (non-hydrogen) atoms. The van der Waals surface area contributed by atoms with Gasteiger partial charge in [0.25, 0.3) is 0 Å². The van der Waals surface area contributed by atoms with Gasteiger partial charge in [0.05, 0.1) is 11.3 Å². The van der Waals surface area contributed by atoms with E-state index in [0.717, 1.165) is 17.2 Å². The fourth-order valence-corrected chi connectivity index (χ4v) is 2.43. The Morgan fingerprint density at radius 2 is 1.80 bits per heavy atom. The molecule has 0 heterocycles. The third-order valence-corrected chi connectivity index (χ3v) is 3.82. The first-order valence-corrected chi connectivity index (χ1v) is 6.63. The zero-order valence-corrected chi connectivity index (χ0v) is 11.1. The second kappa shape index (κ2) is 4.63. The molecule has 1 fully saturated rings. The molecule has 2 N–H and O–H groups in total. The number of amides is 1. The minimum absolute atomic E-state index is 0.0168. The molecule has 102 valence electrons. The topological polar surface area (TPSA) is 66.4 Å². The van der Waals surface area contributed by atoms with Gasteiger partial charge in [-0.15, -0.1) is 0 Å². The zero-order chi connectivity index (χ0) is 14.3. The summed E-state index contributed by atoms with van der Waals surface area (Å²) < 4.78 is 0. The molecule has 2 unspecified atom stereocenters. The summed E-state index contributed by atoms with van der Waals surface area (Å²) in [6.45, 7) is 2.02. The van der Waals surface area contributed by atoms with Gasteiger partial charge in [-0.25, -0.2) is 4.79 Å². The summed E-state index contributed by atoms with van der Waals surface area (Å²) in [4.78, 5) is 23.3. The quantitative estimate of drug-likeness (QED) is 0.899. The average Bonchev–Trinajstić information content (AvgIpc) is 3.15. The highest BCUT2D eigenvalue weighted by Crippen LogP contribution is 2.39. The minimum Gasteiger partial charge on any atom is -0.478 e. The normalized spacial score (nSPS) is 20.6. The van der Waals surface area contributed by atoms with Crippen molar-refractivity contribution in [3.05, 3.63) is 42.0 Å². The average molecular weight is 269 g/mol. The van der Waals surface area contributed by atoms with E-state index >= 15 is 0 Å². The van der Waals surface area contributed by atoms with Crippen LogP contribution in [-0.2, 0) is 4.79 Å². The molecule has 4 nitrogen and oxygen atoms in total. The van der Waals surface area contributed by atoms with Crippen LogP contribution in [0.3, 0.4) is 0 Å². The van der Waals surface area contributed by atoms with Crippen molar-refractivity contribution in [3.8, 4) is 0 Å². The summed E-state index contributed by atoms with van der Waals surface area (Å²) in [7, 11) is 0. The molecule has 1 aliphatic rings. The van der Waals surface area contributed by atoms with Gasteiger partial charge in [-0.3, -0.25) is 4.79 Å². The van der Waals surface area contributed by atoms with Gasteiger partial charge in [0.2, 0.25) is 5.91 Å². The highest BCUT2D eigenvalue weighted by atomic mass is 16.4. The smallest absolute Gasteiger partial charge is 0.337 e. The van der Waals surface area contributed by atoms with Crippen molar-refractivity contribution in [1.82, 2.24) is 0 Å². The van der Waals surface area contributed by atoms with Crippen LogP contribution in [0, 0.1) is 11.8 Å². The van der Waals surface area contributed by atoms with Crippen molar-refractivity contribution in [1.29, 1.82) is 0 Å². The van der Waals surface area contributed by atoms with Gasteiger partial charge in [-0.05, 0) is 35.2 Å². The van der Waals surface area contributed by atoms with Gasteiger partial charge in [-0.1, -0.05) is 31.2 Å². The van der Waals surface area contributed by atoms with E-state index < -0.39 is 5.97 Å². The van der Waals surface area contributed by atoms with Crippen LogP contribution in [-0.4, -0.2) is 17.0 Å². The Balaban J connectivity index is 2.01. The van der Waals surface area contributed by atoms with Crippen molar-refractivity contribution in [2.75, 3.05) is 5.32 Å². The molecule has 0 spiro atoms. The first kappa shape index (κ1) is 12.7. The number of carbonyl (C=O) groups is 2. The maximum Gasteiger partial charge on any atom is 0.337 e. The number of aromatic carboxylic acids is 1. The lowest BCUT2D eigenvalue weighted by atomic mass is 10.0. The number of nitrogens with one attached hydrogen (secondary N) is 1. The van der Waals surface area contributed by atoms with Crippen molar-refractivity contribution in [2.24, 2.45) is 11.8 Å². The number of anilines is 1. The Bertz CT molecular complexity index is 708. The van der Waals surface area contributed by atoms with Crippen LogP contribution in [0.5, 0.6) is 0 Å². The number of rotatable bonds is 3. The number of carboxylic acids is 1. The molecule has 0 aromatic heterocycles. The molecule has 0 bridgehead atoms. The number of fused-ring (bicyclic) bond motifs is 1. The second-order valence-electron chi connectivity index (χ2n) is 5.36. The van der Waals surface area contributed by atoms with E-state index in [1.54, 1.807) is 12.1 Å². The van der Waals surface area contributed by atoms with Crippen LogP contribution in [0.25, 0.3) is 10.8 Å². The molecule has 0 aliphatic heterocycles. The van der Waals surface area contributed by atoms with Crippen molar-refractivity contribution in [3.63, 3.8) is 0 Å². The lowest BCUT2D eigenvalue weighted by Gasteiger charge is -2.10. The van der Waals surface area contributed by atoms with Crippen molar-refractivity contribution >= 4 is 28.3 Å². The van der Waals surface area contributed by atoms with E-state index in [-0.39, 0.29) is 17.4 Å². The summed E-state index contributed by atoms with van der Waals surface area (Å²) in [5.41, 5.74) is 0.505. The Labute approximate surface area is 116 Å². The predicted octanol–water partition coefficient (Wildman–Crippen LogP) is 3.13. The number of hydrogen-bond acceptors (Lipinski definition) is 2. The molecule has 1 aliphatic carbocycles. The van der Waals surface area contributed by atoms with E-state index in [2.05, 4.69) is 5.32 Å². The maximum absolute atomic E-state index is 12.0. The van der Waals surface area contributed by atoms with Crippen LogP contribution in [0.2, 0.25) is 0 Å². The summed E-state index contributed by atoms with van der Waals surface area (Å²) >= 11 is 0. The van der Waals surface area contributed by atoms with Gasteiger partial charge in [0, 0.05) is 5.92 Å². The number of carbonyl (C=O) groups excluding carboxylic acids is 1. The van der Waals surface area contributed by atoms with Crippen molar-refractivity contribution < 1.29 is 14.7 Å². The Kier molecular flexibility index (Phi) is 2.93. The fraction of sp³-hybridized carbons (Fsp3) is 0.250. The lowest BCUT2D eigenvalue weighted by Crippen LogP contribution is -2.17. The molecule has 0 saturated heterocycles. The van der Waals surface area contributed by atoms with E-state index in [9.17, 15) is 14.7 Å². The Morgan fingerprint density at radius 3 is 2.35 bits per heavy atom. The first-order valence-electron chi connectivity index (χ1n) is 6.63. The number of carboxylic acid groups (broad SMARTS) is 1. The monoisotopic (exact) mass is 269 g/mol.